The third-order valence-corrected chi connectivity index (χ3v) is 6.55. The van der Waals surface area contributed by atoms with Gasteiger partial charge in [0.15, 0.2) is 9.84 Å². The molecule has 2 amide bonds. The van der Waals surface area contributed by atoms with Crippen LogP contribution in [0, 0.1) is 0 Å². The number of hydrogen-bond donors (Lipinski definition) is 2. The predicted molar refractivity (Wildman–Crippen MR) is 97.9 cm³/mol. The van der Waals surface area contributed by atoms with Gasteiger partial charge in [-0.1, -0.05) is 5.16 Å². The average Bonchev–Trinajstić information content (AvgIpc) is 3.29. The van der Waals surface area contributed by atoms with Crippen molar-refractivity contribution in [2.75, 3.05) is 18.1 Å². The van der Waals surface area contributed by atoms with Gasteiger partial charge < -0.3 is 19.9 Å². The number of amides is 2. The molecular weight excluding hydrogens is 386 g/mol. The molecule has 0 spiro atoms. The van der Waals surface area contributed by atoms with Gasteiger partial charge in [0.05, 0.1) is 36.4 Å². The van der Waals surface area contributed by atoms with Crippen molar-refractivity contribution in [1.29, 1.82) is 0 Å². The van der Waals surface area contributed by atoms with E-state index < -0.39 is 33.7 Å². The van der Waals surface area contributed by atoms with E-state index in [0.29, 0.717) is 12.2 Å². The van der Waals surface area contributed by atoms with E-state index in [-0.39, 0.29) is 17.3 Å². The summed E-state index contributed by atoms with van der Waals surface area (Å²) in [5, 5.41) is 8.80. The number of benzene rings is 1. The smallest absolute Gasteiger partial charge is 0.290 e. The van der Waals surface area contributed by atoms with Crippen molar-refractivity contribution in [3.05, 3.63) is 47.3 Å². The second-order valence-corrected chi connectivity index (χ2v) is 9.04. The standard InChI is InChI=1S/C18H19N3O6S/c22-17(12-3-4-15-11(8-12)2-1-7-26-15)20-13-9-28(24,25)10-14(13)21-18(23)16-5-6-19-27-16/h3-6,8,13-14H,1-2,7,9-10H2,(H,20,22)(H,21,23)/t13-,14+/m0/s1. The van der Waals surface area contributed by atoms with Crippen LogP contribution >= 0.6 is 0 Å². The number of nitrogens with one attached hydrogen (secondary N) is 2. The van der Waals surface area contributed by atoms with E-state index in [2.05, 4.69) is 15.8 Å². The van der Waals surface area contributed by atoms with Crippen molar-refractivity contribution >= 4 is 21.7 Å². The van der Waals surface area contributed by atoms with Crippen LogP contribution in [0.15, 0.2) is 35.0 Å². The number of carbonyl (C=O) groups is 2. The van der Waals surface area contributed by atoms with E-state index in [0.717, 1.165) is 24.2 Å². The summed E-state index contributed by atoms with van der Waals surface area (Å²) in [7, 11) is -3.40. The van der Waals surface area contributed by atoms with Gasteiger partial charge in [-0.15, -0.1) is 0 Å². The highest BCUT2D eigenvalue weighted by atomic mass is 32.2. The van der Waals surface area contributed by atoms with Gasteiger partial charge in [-0.25, -0.2) is 8.42 Å². The molecule has 0 unspecified atom stereocenters. The van der Waals surface area contributed by atoms with E-state index in [4.69, 9.17) is 9.26 Å². The zero-order valence-corrected chi connectivity index (χ0v) is 15.7. The largest absolute Gasteiger partial charge is 0.493 e. The number of hydrogen-bond acceptors (Lipinski definition) is 7. The van der Waals surface area contributed by atoms with Crippen molar-refractivity contribution in [2.45, 2.75) is 24.9 Å². The maximum absolute atomic E-state index is 12.7. The maximum Gasteiger partial charge on any atom is 0.290 e. The first-order chi connectivity index (χ1) is 13.4. The van der Waals surface area contributed by atoms with Gasteiger partial charge in [0.1, 0.15) is 5.75 Å². The molecule has 0 saturated carbocycles. The van der Waals surface area contributed by atoms with Crippen molar-refractivity contribution in [2.24, 2.45) is 0 Å². The highest BCUT2D eigenvalue weighted by Crippen LogP contribution is 2.25. The summed E-state index contributed by atoms with van der Waals surface area (Å²) in [6.07, 6.45) is 3.03. The molecule has 0 aliphatic carbocycles. The minimum Gasteiger partial charge on any atom is -0.493 e. The number of aromatic nitrogens is 1. The normalized spacial score (nSPS) is 22.7. The van der Waals surface area contributed by atoms with Crippen LogP contribution < -0.4 is 15.4 Å². The van der Waals surface area contributed by atoms with E-state index in [1.165, 1.54) is 12.3 Å². The summed E-state index contributed by atoms with van der Waals surface area (Å²) in [6, 6.07) is 5.03. The van der Waals surface area contributed by atoms with E-state index in [9.17, 15) is 18.0 Å². The molecular formula is C18H19N3O6S. The quantitative estimate of drug-likeness (QED) is 0.750. The summed E-state index contributed by atoms with van der Waals surface area (Å²) in [5.74, 6) is -0.726. The molecule has 2 atom stereocenters. The summed E-state index contributed by atoms with van der Waals surface area (Å²) in [5.41, 5.74) is 1.38. The van der Waals surface area contributed by atoms with Crippen LogP contribution in [0.3, 0.4) is 0 Å². The summed E-state index contributed by atoms with van der Waals surface area (Å²) in [6.45, 7) is 0.658. The molecule has 2 N–H and O–H groups in total. The van der Waals surface area contributed by atoms with Gasteiger partial charge in [-0.3, -0.25) is 9.59 Å². The molecule has 2 aromatic rings. The Morgan fingerprint density at radius 3 is 2.54 bits per heavy atom. The van der Waals surface area contributed by atoms with Gasteiger partial charge in [0, 0.05) is 11.6 Å². The van der Waals surface area contributed by atoms with Crippen LogP contribution in [0.4, 0.5) is 0 Å². The monoisotopic (exact) mass is 405 g/mol. The first kappa shape index (κ1) is 18.5. The molecule has 1 fully saturated rings. The molecule has 148 valence electrons. The second-order valence-electron chi connectivity index (χ2n) is 6.89. The Hall–Kier alpha value is -2.88. The van der Waals surface area contributed by atoms with Crippen LogP contribution in [0.2, 0.25) is 0 Å². The molecule has 1 aromatic carbocycles. The minimum atomic E-state index is -3.40. The lowest BCUT2D eigenvalue weighted by Gasteiger charge is -2.21. The molecule has 1 aromatic heterocycles. The molecule has 1 saturated heterocycles. The minimum absolute atomic E-state index is 0.0240. The second kappa shape index (κ2) is 7.27. The van der Waals surface area contributed by atoms with Crippen LogP contribution in [0.1, 0.15) is 32.9 Å². The lowest BCUT2D eigenvalue weighted by molar-refractivity contribution is 0.0874. The fourth-order valence-corrected chi connectivity index (χ4v) is 5.32. The van der Waals surface area contributed by atoms with Crippen molar-refractivity contribution in [3.63, 3.8) is 0 Å². The zero-order chi connectivity index (χ0) is 19.7. The Balaban J connectivity index is 1.48. The highest BCUT2D eigenvalue weighted by molar-refractivity contribution is 7.91. The average molecular weight is 405 g/mol. The lowest BCUT2D eigenvalue weighted by atomic mass is 10.0. The Bertz CT molecular complexity index is 1000. The molecule has 0 bridgehead atoms. The first-order valence-corrected chi connectivity index (χ1v) is 10.7. The molecule has 4 rings (SSSR count). The predicted octanol–water partition coefficient (Wildman–Crippen LogP) is 0.325. The van der Waals surface area contributed by atoms with Crippen molar-refractivity contribution in [3.8, 4) is 5.75 Å². The number of fused-ring (bicyclic) bond motifs is 1. The molecule has 2 aliphatic rings. The number of carbonyl (C=O) groups excluding carboxylic acids is 2. The third-order valence-electron chi connectivity index (χ3n) is 4.82. The van der Waals surface area contributed by atoms with E-state index >= 15 is 0 Å². The molecule has 28 heavy (non-hydrogen) atoms. The summed E-state index contributed by atoms with van der Waals surface area (Å²) in [4.78, 5) is 24.8. The van der Waals surface area contributed by atoms with Crippen LogP contribution in [-0.4, -0.2) is 55.6 Å². The SMILES string of the molecule is O=C(N[C@H]1CS(=O)(=O)C[C@H]1NC(=O)c1ccno1)c1ccc2c(c1)CCCO2. The molecule has 3 heterocycles. The fourth-order valence-electron chi connectivity index (χ4n) is 3.46. The number of sulfone groups is 1. The molecule has 0 radical (unpaired) electrons. The summed E-state index contributed by atoms with van der Waals surface area (Å²) >= 11 is 0. The Labute approximate surface area is 161 Å². The fraction of sp³-hybridized carbons (Fsp3) is 0.389. The zero-order valence-electron chi connectivity index (χ0n) is 14.9. The van der Waals surface area contributed by atoms with Crippen molar-refractivity contribution in [1.82, 2.24) is 15.8 Å². The number of nitrogens with zero attached hydrogens (tertiary/aromatic N) is 1. The molecule has 9 nitrogen and oxygen atoms in total. The van der Waals surface area contributed by atoms with Crippen LogP contribution in [0.5, 0.6) is 5.75 Å². The van der Waals surface area contributed by atoms with Gasteiger partial charge in [0.2, 0.25) is 5.76 Å². The van der Waals surface area contributed by atoms with Gasteiger partial charge in [-0.05, 0) is 36.6 Å². The summed E-state index contributed by atoms with van der Waals surface area (Å²) < 4.78 is 34.5. The number of ether oxygens (including phenoxy) is 1. The Kier molecular flexibility index (Phi) is 4.80. The molecule has 2 aliphatic heterocycles. The number of aryl methyl sites for hydroxylation is 1. The lowest BCUT2D eigenvalue weighted by Crippen LogP contribution is -2.50. The van der Waals surface area contributed by atoms with Crippen LogP contribution in [-0.2, 0) is 16.3 Å². The topological polar surface area (TPSA) is 128 Å². The molecule has 10 heteroatoms. The Morgan fingerprint density at radius 2 is 1.82 bits per heavy atom. The van der Waals surface area contributed by atoms with Crippen LogP contribution in [0.25, 0.3) is 0 Å². The van der Waals surface area contributed by atoms with Gasteiger partial charge in [0.25, 0.3) is 11.8 Å². The number of rotatable bonds is 4. The van der Waals surface area contributed by atoms with E-state index in [1.54, 1.807) is 18.2 Å². The van der Waals surface area contributed by atoms with Gasteiger partial charge >= 0.3 is 0 Å². The Morgan fingerprint density at radius 1 is 1.07 bits per heavy atom. The van der Waals surface area contributed by atoms with E-state index in [1.807, 2.05) is 0 Å². The highest BCUT2D eigenvalue weighted by Gasteiger charge is 2.40. The third kappa shape index (κ3) is 3.86. The maximum atomic E-state index is 12.7. The van der Waals surface area contributed by atoms with Gasteiger partial charge in [-0.2, -0.15) is 0 Å². The van der Waals surface area contributed by atoms with Crippen molar-refractivity contribution < 1.29 is 27.3 Å². The first-order valence-electron chi connectivity index (χ1n) is 8.90.